The molecule has 2 unspecified atom stereocenters. The number of hydrogen-bond donors (Lipinski definition) is 1. The maximum absolute atomic E-state index is 13.6. The Morgan fingerprint density at radius 2 is 1.68 bits per heavy atom. The SMILES string of the molecule is CC.CC1(C)CO1.CCC(C)(C)c1ccc(C2NC(C(=O)N(C)c3ccc(OC)cc3)=C(C3C=CC=CC3)O2)cc1. The Labute approximate surface area is 247 Å². The van der Waals surface area contributed by atoms with Gasteiger partial charge in [-0.05, 0) is 61.9 Å². The predicted molar refractivity (Wildman–Crippen MR) is 168 cm³/mol. The van der Waals surface area contributed by atoms with E-state index in [1.54, 1.807) is 19.1 Å². The first-order valence-electron chi connectivity index (χ1n) is 14.7. The van der Waals surface area contributed by atoms with Gasteiger partial charge in [0.1, 0.15) is 17.2 Å². The van der Waals surface area contributed by atoms with E-state index < -0.39 is 6.23 Å². The average Bonchev–Trinajstić information content (AvgIpc) is 3.53. The molecule has 222 valence electrons. The number of allylic oxidation sites excluding steroid dienone is 4. The third kappa shape index (κ3) is 8.26. The molecule has 0 radical (unpaired) electrons. The molecule has 0 aromatic heterocycles. The Hall–Kier alpha value is -3.51. The summed E-state index contributed by atoms with van der Waals surface area (Å²) in [6.45, 7) is 15.8. The van der Waals surface area contributed by atoms with Gasteiger partial charge in [-0.15, -0.1) is 0 Å². The van der Waals surface area contributed by atoms with Crippen molar-refractivity contribution in [2.45, 2.75) is 78.6 Å². The first kappa shape index (κ1) is 32.0. The summed E-state index contributed by atoms with van der Waals surface area (Å²) in [7, 11) is 3.41. The van der Waals surface area contributed by atoms with E-state index in [4.69, 9.17) is 14.2 Å². The number of likely N-dealkylation sites (N-methyl/N-ethyl adjacent to an activating group) is 1. The molecular formula is C35H48N2O4. The van der Waals surface area contributed by atoms with Gasteiger partial charge in [0.2, 0.25) is 0 Å². The summed E-state index contributed by atoms with van der Waals surface area (Å²) in [6.07, 6.45) is 9.68. The standard InChI is InChI=1S/C29H34N2O3.C4H8O.C2H6/c1-6-29(2,3)22-14-12-21(13-15-22)27-30-25(26(34-27)20-10-8-7-9-11-20)28(32)31(4)23-16-18-24(33-5)19-17-23;1-4(2)3-5-4;1-2/h7-10,12-20,27,30H,6,11H2,1-5H3;3H2,1-2H3;1-2H3. The van der Waals surface area contributed by atoms with Gasteiger partial charge in [-0.2, -0.15) is 0 Å². The van der Waals surface area contributed by atoms with E-state index >= 15 is 0 Å². The highest BCUT2D eigenvalue weighted by atomic mass is 16.6. The number of amides is 1. The zero-order valence-corrected chi connectivity index (χ0v) is 26.3. The summed E-state index contributed by atoms with van der Waals surface area (Å²) >= 11 is 0. The lowest BCUT2D eigenvalue weighted by Crippen LogP contribution is -2.33. The van der Waals surface area contributed by atoms with E-state index in [-0.39, 0.29) is 22.8 Å². The van der Waals surface area contributed by atoms with E-state index in [0.717, 1.165) is 36.4 Å². The van der Waals surface area contributed by atoms with Gasteiger partial charge in [0.05, 0.1) is 19.3 Å². The van der Waals surface area contributed by atoms with Crippen LogP contribution >= 0.6 is 0 Å². The van der Waals surface area contributed by atoms with Crippen LogP contribution in [0.1, 0.15) is 78.7 Å². The molecule has 5 rings (SSSR count). The van der Waals surface area contributed by atoms with Crippen LogP contribution in [0.15, 0.2) is 84.3 Å². The van der Waals surface area contributed by atoms with Crippen molar-refractivity contribution in [3.8, 4) is 5.75 Å². The fourth-order valence-corrected chi connectivity index (χ4v) is 4.33. The van der Waals surface area contributed by atoms with Crippen molar-refractivity contribution in [1.29, 1.82) is 0 Å². The number of rotatable bonds is 7. The quantitative estimate of drug-likeness (QED) is 0.350. The lowest BCUT2D eigenvalue weighted by Gasteiger charge is -2.24. The lowest BCUT2D eigenvalue weighted by molar-refractivity contribution is -0.115. The summed E-state index contributed by atoms with van der Waals surface area (Å²) in [5.41, 5.74) is 3.95. The van der Waals surface area contributed by atoms with Gasteiger partial charge in [-0.25, -0.2) is 0 Å². The van der Waals surface area contributed by atoms with Crippen LogP contribution in [0, 0.1) is 5.92 Å². The third-order valence-corrected chi connectivity index (χ3v) is 7.66. The molecule has 0 spiro atoms. The number of carbonyl (C=O) groups excluding carboxylic acids is 1. The Bertz CT molecular complexity index is 1230. The molecule has 2 heterocycles. The normalized spacial score (nSPS) is 20.0. The molecule has 41 heavy (non-hydrogen) atoms. The van der Waals surface area contributed by atoms with Crippen LogP contribution in [0.25, 0.3) is 0 Å². The van der Waals surface area contributed by atoms with E-state index in [1.165, 1.54) is 5.56 Å². The molecule has 2 aromatic rings. The van der Waals surface area contributed by atoms with Gasteiger partial charge in [0, 0.05) is 24.2 Å². The van der Waals surface area contributed by atoms with Gasteiger partial charge < -0.3 is 24.4 Å². The number of anilines is 1. The van der Waals surface area contributed by atoms with Crippen LogP contribution < -0.4 is 15.0 Å². The summed E-state index contributed by atoms with van der Waals surface area (Å²) in [5.74, 6) is 1.33. The lowest BCUT2D eigenvalue weighted by atomic mass is 9.82. The maximum atomic E-state index is 13.6. The Morgan fingerprint density at radius 1 is 1.07 bits per heavy atom. The molecule has 1 aliphatic carbocycles. The molecule has 3 aliphatic rings. The van der Waals surface area contributed by atoms with Crippen molar-refractivity contribution < 1.29 is 19.0 Å². The van der Waals surface area contributed by atoms with E-state index in [1.807, 2.05) is 50.3 Å². The highest BCUT2D eigenvalue weighted by molar-refractivity contribution is 6.05. The van der Waals surface area contributed by atoms with Gasteiger partial charge >= 0.3 is 0 Å². The molecule has 6 heteroatoms. The van der Waals surface area contributed by atoms with Crippen LogP contribution in [-0.4, -0.2) is 32.3 Å². The molecule has 2 aliphatic heterocycles. The van der Waals surface area contributed by atoms with E-state index in [0.29, 0.717) is 11.5 Å². The molecule has 1 saturated heterocycles. The number of hydrogen-bond acceptors (Lipinski definition) is 5. The highest BCUT2D eigenvalue weighted by Crippen LogP contribution is 2.37. The first-order chi connectivity index (χ1) is 19.5. The molecule has 1 amide bonds. The van der Waals surface area contributed by atoms with Crippen LogP contribution in [0.5, 0.6) is 5.75 Å². The van der Waals surface area contributed by atoms with Crippen molar-refractivity contribution in [1.82, 2.24) is 5.32 Å². The largest absolute Gasteiger partial charge is 0.497 e. The van der Waals surface area contributed by atoms with Gasteiger partial charge in [0.25, 0.3) is 5.91 Å². The molecular weight excluding hydrogens is 512 g/mol. The number of epoxide rings is 1. The minimum Gasteiger partial charge on any atom is -0.497 e. The molecule has 0 saturated carbocycles. The smallest absolute Gasteiger partial charge is 0.277 e. The molecule has 2 aromatic carbocycles. The van der Waals surface area contributed by atoms with Gasteiger partial charge in [0.15, 0.2) is 6.23 Å². The third-order valence-electron chi connectivity index (χ3n) is 7.66. The minimum absolute atomic E-state index is 0.0176. The molecule has 6 nitrogen and oxygen atoms in total. The van der Waals surface area contributed by atoms with E-state index in [9.17, 15) is 4.79 Å². The van der Waals surface area contributed by atoms with Crippen molar-refractivity contribution in [3.05, 3.63) is 95.4 Å². The summed E-state index contributed by atoms with van der Waals surface area (Å²) in [6, 6.07) is 16.0. The number of nitrogens with zero attached hydrogens (tertiary/aromatic N) is 1. The number of ether oxygens (including phenoxy) is 3. The predicted octanol–water partition coefficient (Wildman–Crippen LogP) is 7.83. The van der Waals surface area contributed by atoms with Crippen molar-refractivity contribution in [2.75, 3.05) is 25.7 Å². The number of carbonyl (C=O) groups is 1. The minimum atomic E-state index is -0.406. The van der Waals surface area contributed by atoms with Crippen LogP contribution in [-0.2, 0) is 19.7 Å². The van der Waals surface area contributed by atoms with Crippen molar-refractivity contribution in [3.63, 3.8) is 0 Å². The summed E-state index contributed by atoms with van der Waals surface area (Å²) in [5, 5.41) is 3.38. The molecule has 1 N–H and O–H groups in total. The molecule has 0 bridgehead atoms. The summed E-state index contributed by atoms with van der Waals surface area (Å²) < 4.78 is 16.6. The molecule has 2 atom stereocenters. The van der Waals surface area contributed by atoms with Gasteiger partial charge in [-0.3, -0.25) is 4.79 Å². The second-order valence-electron chi connectivity index (χ2n) is 11.5. The maximum Gasteiger partial charge on any atom is 0.277 e. The van der Waals surface area contributed by atoms with Crippen molar-refractivity contribution in [2.24, 2.45) is 5.92 Å². The fourth-order valence-electron chi connectivity index (χ4n) is 4.33. The topological polar surface area (TPSA) is 63.3 Å². The van der Waals surface area contributed by atoms with Gasteiger partial charge in [-0.1, -0.05) is 83.2 Å². The van der Waals surface area contributed by atoms with Crippen molar-refractivity contribution >= 4 is 11.6 Å². The Morgan fingerprint density at radius 3 is 2.17 bits per heavy atom. The number of benzene rings is 2. The molecule has 1 fully saturated rings. The van der Waals surface area contributed by atoms with Crippen LogP contribution in [0.2, 0.25) is 0 Å². The van der Waals surface area contributed by atoms with Crippen LogP contribution in [0.3, 0.4) is 0 Å². The Balaban J connectivity index is 0.000000586. The first-order valence-corrected chi connectivity index (χ1v) is 14.7. The van der Waals surface area contributed by atoms with E-state index in [2.05, 4.69) is 76.4 Å². The number of methoxy groups -OCH3 is 1. The van der Waals surface area contributed by atoms with Crippen LogP contribution in [0.4, 0.5) is 5.69 Å². The second kappa shape index (κ2) is 13.9. The average molecular weight is 561 g/mol. The second-order valence-corrected chi connectivity index (χ2v) is 11.5. The Kier molecular flexibility index (Phi) is 10.9. The summed E-state index contributed by atoms with van der Waals surface area (Å²) in [4.78, 5) is 15.2. The zero-order chi connectivity index (χ0) is 30.2. The fraction of sp³-hybridized carbons (Fsp3) is 0.457. The zero-order valence-electron chi connectivity index (χ0n) is 26.3. The monoisotopic (exact) mass is 560 g/mol. The number of nitrogens with one attached hydrogen (secondary N) is 1. The highest BCUT2D eigenvalue weighted by Gasteiger charge is 2.36.